The van der Waals surface area contributed by atoms with Crippen LogP contribution in [0.25, 0.3) is 0 Å². The summed E-state index contributed by atoms with van der Waals surface area (Å²) in [4.78, 5) is 14.3. The molecular formula is C18H29N3O3. The van der Waals surface area contributed by atoms with Crippen molar-refractivity contribution < 1.29 is 14.3 Å². The van der Waals surface area contributed by atoms with Gasteiger partial charge in [0, 0.05) is 56.0 Å². The first-order valence-corrected chi connectivity index (χ1v) is 8.47. The van der Waals surface area contributed by atoms with Crippen molar-refractivity contribution in [2.45, 2.75) is 13.3 Å². The minimum atomic E-state index is -0.00449. The molecule has 1 amide bonds. The molecule has 1 aromatic carbocycles. The van der Waals surface area contributed by atoms with Crippen LogP contribution in [0.3, 0.4) is 0 Å². The number of anilines is 1. The summed E-state index contributed by atoms with van der Waals surface area (Å²) in [6.45, 7) is 5.27. The second-order valence-electron chi connectivity index (χ2n) is 6.38. The van der Waals surface area contributed by atoms with Crippen molar-refractivity contribution in [3.8, 4) is 11.5 Å². The zero-order valence-corrected chi connectivity index (χ0v) is 15.1. The van der Waals surface area contributed by atoms with E-state index < -0.39 is 0 Å². The van der Waals surface area contributed by atoms with Crippen molar-refractivity contribution in [1.82, 2.24) is 10.6 Å². The number of methoxy groups -OCH3 is 2. The van der Waals surface area contributed by atoms with Crippen LogP contribution in [0, 0.1) is 11.8 Å². The Morgan fingerprint density at radius 1 is 1.29 bits per heavy atom. The number of carbonyl (C=O) groups is 1. The number of amides is 1. The van der Waals surface area contributed by atoms with E-state index in [1.165, 1.54) is 0 Å². The quantitative estimate of drug-likeness (QED) is 0.754. The van der Waals surface area contributed by atoms with E-state index >= 15 is 0 Å². The van der Waals surface area contributed by atoms with Crippen molar-refractivity contribution in [3.63, 3.8) is 0 Å². The fourth-order valence-electron chi connectivity index (χ4n) is 3.03. The van der Waals surface area contributed by atoms with Crippen LogP contribution in [0.2, 0.25) is 0 Å². The third kappa shape index (κ3) is 4.77. The standard InChI is InChI=1S/C18H29N3O3/c1-13(10-19-2)18(22)20-11-14-5-6-21(12-14)15-7-16(23-3)9-17(8-15)24-4/h7-9,13-14,19H,5-6,10-12H2,1-4H3,(H,20,22). The molecule has 134 valence electrons. The molecule has 2 atom stereocenters. The van der Waals surface area contributed by atoms with Crippen LogP contribution in [-0.2, 0) is 4.79 Å². The van der Waals surface area contributed by atoms with Crippen LogP contribution in [0.15, 0.2) is 18.2 Å². The minimum absolute atomic E-state index is 0.00449. The molecule has 0 bridgehead atoms. The highest BCUT2D eigenvalue weighted by atomic mass is 16.5. The summed E-state index contributed by atoms with van der Waals surface area (Å²) in [5, 5.41) is 6.11. The Bertz CT molecular complexity index is 528. The van der Waals surface area contributed by atoms with Gasteiger partial charge in [-0.25, -0.2) is 0 Å². The number of hydrogen-bond acceptors (Lipinski definition) is 5. The Labute approximate surface area is 144 Å². The summed E-state index contributed by atoms with van der Waals surface area (Å²) < 4.78 is 10.7. The number of nitrogens with one attached hydrogen (secondary N) is 2. The molecule has 6 heteroatoms. The molecule has 1 aliphatic heterocycles. The van der Waals surface area contributed by atoms with Crippen molar-refractivity contribution in [2.24, 2.45) is 11.8 Å². The average Bonchev–Trinajstić information content (AvgIpc) is 3.08. The smallest absolute Gasteiger partial charge is 0.224 e. The van der Waals surface area contributed by atoms with Gasteiger partial charge in [0.25, 0.3) is 0 Å². The molecule has 1 aromatic rings. The van der Waals surface area contributed by atoms with Crippen LogP contribution in [0.1, 0.15) is 13.3 Å². The highest BCUT2D eigenvalue weighted by Crippen LogP contribution is 2.31. The molecule has 2 N–H and O–H groups in total. The van der Waals surface area contributed by atoms with Crippen LogP contribution in [-0.4, -0.2) is 53.4 Å². The highest BCUT2D eigenvalue weighted by molar-refractivity contribution is 5.78. The van der Waals surface area contributed by atoms with E-state index in [-0.39, 0.29) is 11.8 Å². The second kappa shape index (κ2) is 8.78. The maximum atomic E-state index is 12.0. The summed E-state index contributed by atoms with van der Waals surface area (Å²) in [6.07, 6.45) is 1.07. The second-order valence-corrected chi connectivity index (χ2v) is 6.38. The molecule has 1 saturated heterocycles. The first-order valence-electron chi connectivity index (χ1n) is 8.47. The third-order valence-electron chi connectivity index (χ3n) is 4.51. The zero-order chi connectivity index (χ0) is 17.5. The molecule has 1 aliphatic rings. The number of benzene rings is 1. The van der Waals surface area contributed by atoms with Gasteiger partial charge in [-0.3, -0.25) is 4.79 Å². The Balaban J connectivity index is 1.90. The summed E-state index contributed by atoms with van der Waals surface area (Å²) in [7, 11) is 5.18. The van der Waals surface area contributed by atoms with Gasteiger partial charge in [0.2, 0.25) is 5.91 Å². The summed E-state index contributed by atoms with van der Waals surface area (Å²) in [5.41, 5.74) is 1.10. The van der Waals surface area contributed by atoms with Crippen LogP contribution in [0.4, 0.5) is 5.69 Å². The van der Waals surface area contributed by atoms with Gasteiger partial charge in [-0.05, 0) is 19.4 Å². The fourth-order valence-corrected chi connectivity index (χ4v) is 3.03. The Morgan fingerprint density at radius 3 is 2.54 bits per heavy atom. The molecule has 0 saturated carbocycles. The molecule has 0 aromatic heterocycles. The molecule has 0 spiro atoms. The van der Waals surface area contributed by atoms with Gasteiger partial charge in [-0.2, -0.15) is 0 Å². The zero-order valence-electron chi connectivity index (χ0n) is 15.1. The van der Waals surface area contributed by atoms with Crippen LogP contribution < -0.4 is 25.0 Å². The third-order valence-corrected chi connectivity index (χ3v) is 4.51. The molecular weight excluding hydrogens is 306 g/mol. The van der Waals surface area contributed by atoms with E-state index in [4.69, 9.17) is 9.47 Å². The Kier molecular flexibility index (Phi) is 6.73. The number of rotatable bonds is 8. The number of carbonyl (C=O) groups excluding carboxylic acids is 1. The lowest BCUT2D eigenvalue weighted by atomic mass is 10.1. The minimum Gasteiger partial charge on any atom is -0.497 e. The molecule has 1 heterocycles. The van der Waals surface area contributed by atoms with E-state index in [0.29, 0.717) is 12.5 Å². The number of ether oxygens (including phenoxy) is 2. The maximum Gasteiger partial charge on any atom is 0.224 e. The fraction of sp³-hybridized carbons (Fsp3) is 0.611. The summed E-state index contributed by atoms with van der Waals surface area (Å²) in [5.74, 6) is 2.16. The highest BCUT2D eigenvalue weighted by Gasteiger charge is 2.24. The lowest BCUT2D eigenvalue weighted by Gasteiger charge is -2.21. The van der Waals surface area contributed by atoms with Gasteiger partial charge < -0.3 is 25.0 Å². The average molecular weight is 335 g/mol. The van der Waals surface area contributed by atoms with E-state index in [0.717, 1.165) is 43.2 Å². The molecule has 6 nitrogen and oxygen atoms in total. The van der Waals surface area contributed by atoms with Crippen LogP contribution in [0.5, 0.6) is 11.5 Å². The van der Waals surface area contributed by atoms with Gasteiger partial charge in [-0.1, -0.05) is 6.92 Å². The van der Waals surface area contributed by atoms with Gasteiger partial charge in [0.15, 0.2) is 0 Å². The number of hydrogen-bond donors (Lipinski definition) is 2. The normalized spacial score (nSPS) is 18.3. The monoisotopic (exact) mass is 335 g/mol. The van der Waals surface area contributed by atoms with Crippen molar-refractivity contribution in [3.05, 3.63) is 18.2 Å². The molecule has 1 fully saturated rings. The first kappa shape index (κ1) is 18.4. The summed E-state index contributed by atoms with van der Waals surface area (Å²) >= 11 is 0. The predicted molar refractivity (Wildman–Crippen MR) is 96.0 cm³/mol. The largest absolute Gasteiger partial charge is 0.497 e. The van der Waals surface area contributed by atoms with E-state index in [9.17, 15) is 4.79 Å². The SMILES string of the molecule is CNCC(C)C(=O)NCC1CCN(c2cc(OC)cc(OC)c2)C1. The Hall–Kier alpha value is -1.95. The Morgan fingerprint density at radius 2 is 1.96 bits per heavy atom. The van der Waals surface area contributed by atoms with E-state index in [2.05, 4.69) is 15.5 Å². The first-order chi connectivity index (χ1) is 11.6. The van der Waals surface area contributed by atoms with Crippen molar-refractivity contribution >= 4 is 11.6 Å². The van der Waals surface area contributed by atoms with Crippen molar-refractivity contribution in [2.75, 3.05) is 52.3 Å². The number of nitrogens with zero attached hydrogens (tertiary/aromatic N) is 1. The van der Waals surface area contributed by atoms with Gasteiger partial charge in [0.05, 0.1) is 14.2 Å². The molecule has 2 rings (SSSR count). The molecule has 2 unspecified atom stereocenters. The molecule has 0 radical (unpaired) electrons. The van der Waals surface area contributed by atoms with Crippen molar-refractivity contribution in [1.29, 1.82) is 0 Å². The molecule has 0 aliphatic carbocycles. The predicted octanol–water partition coefficient (Wildman–Crippen LogP) is 1.50. The molecule has 24 heavy (non-hydrogen) atoms. The van der Waals surface area contributed by atoms with Gasteiger partial charge in [-0.15, -0.1) is 0 Å². The lowest BCUT2D eigenvalue weighted by molar-refractivity contribution is -0.124. The van der Waals surface area contributed by atoms with Gasteiger partial charge >= 0.3 is 0 Å². The van der Waals surface area contributed by atoms with Crippen LogP contribution >= 0.6 is 0 Å². The summed E-state index contributed by atoms with van der Waals surface area (Å²) in [6, 6.07) is 5.93. The van der Waals surface area contributed by atoms with E-state index in [1.54, 1.807) is 14.2 Å². The van der Waals surface area contributed by atoms with E-state index in [1.807, 2.05) is 32.2 Å². The lowest BCUT2D eigenvalue weighted by Crippen LogP contribution is -2.37. The topological polar surface area (TPSA) is 62.8 Å². The maximum absolute atomic E-state index is 12.0. The van der Waals surface area contributed by atoms with Gasteiger partial charge in [0.1, 0.15) is 11.5 Å².